The van der Waals surface area contributed by atoms with E-state index in [1.165, 1.54) is 23.2 Å². The number of piperidine rings is 2. The summed E-state index contributed by atoms with van der Waals surface area (Å²) in [6.07, 6.45) is 6.21. The van der Waals surface area contributed by atoms with Crippen LogP contribution >= 0.6 is 11.3 Å². The first-order chi connectivity index (χ1) is 15.8. The van der Waals surface area contributed by atoms with Crippen LogP contribution in [0.3, 0.4) is 0 Å². The lowest BCUT2D eigenvalue weighted by molar-refractivity contribution is 0.0691. The Morgan fingerprint density at radius 1 is 1.12 bits per heavy atom. The Bertz CT molecular complexity index is 1020. The molecule has 2 aliphatic rings. The summed E-state index contributed by atoms with van der Waals surface area (Å²) in [4.78, 5) is 17.9. The summed E-state index contributed by atoms with van der Waals surface area (Å²) in [6.45, 7) is 4.26. The molecule has 0 bridgehead atoms. The summed E-state index contributed by atoms with van der Waals surface area (Å²) in [7, 11) is -3.11. The predicted octanol–water partition coefficient (Wildman–Crippen LogP) is 3.87. The molecule has 1 atom stereocenters. The minimum Gasteiger partial charge on any atom is -0.476 e. The van der Waals surface area contributed by atoms with Crippen molar-refractivity contribution in [3.8, 4) is 0 Å². The summed E-state index contributed by atoms with van der Waals surface area (Å²) in [6, 6.07) is 10.7. The molecular weight excluding hydrogens is 458 g/mol. The quantitative estimate of drug-likeness (QED) is 0.603. The highest BCUT2D eigenvalue weighted by molar-refractivity contribution is 7.88. The van der Waals surface area contributed by atoms with Crippen LogP contribution in [0.15, 0.2) is 35.7 Å². The van der Waals surface area contributed by atoms with Crippen LogP contribution in [0.5, 0.6) is 0 Å². The third-order valence-corrected chi connectivity index (χ3v) is 9.51. The number of aromatic carboxylic acids is 1. The van der Waals surface area contributed by atoms with Gasteiger partial charge >= 0.3 is 5.97 Å². The Morgan fingerprint density at radius 2 is 1.79 bits per heavy atom. The highest BCUT2D eigenvalue weighted by Crippen LogP contribution is 2.37. The van der Waals surface area contributed by atoms with Crippen molar-refractivity contribution >= 4 is 27.3 Å². The van der Waals surface area contributed by atoms with Crippen LogP contribution in [0.25, 0.3) is 0 Å². The zero-order chi connectivity index (χ0) is 23.4. The smallest absolute Gasteiger partial charge is 0.355 e. The molecule has 3 heterocycles. The molecule has 2 aliphatic heterocycles. The number of carboxylic acid groups (broad SMARTS) is 1. The Hall–Kier alpha value is -1.81. The van der Waals surface area contributed by atoms with Crippen molar-refractivity contribution < 1.29 is 18.3 Å². The number of sulfonamides is 1. The number of thiazole rings is 1. The van der Waals surface area contributed by atoms with E-state index in [9.17, 15) is 13.2 Å². The highest BCUT2D eigenvalue weighted by atomic mass is 32.2. The number of aromatic nitrogens is 1. The van der Waals surface area contributed by atoms with Gasteiger partial charge in [-0.3, -0.25) is 0 Å². The van der Waals surface area contributed by atoms with Crippen molar-refractivity contribution in [3.63, 3.8) is 0 Å². The lowest BCUT2D eigenvalue weighted by Gasteiger charge is -2.37. The monoisotopic (exact) mass is 491 g/mol. The Balaban J connectivity index is 1.33. The molecule has 33 heavy (non-hydrogen) atoms. The van der Waals surface area contributed by atoms with E-state index < -0.39 is 16.0 Å². The van der Waals surface area contributed by atoms with Crippen LogP contribution in [-0.4, -0.2) is 72.7 Å². The molecule has 7 nitrogen and oxygen atoms in total. The SMILES string of the molecule is CS(=O)(=O)N1CCC(C(CCN2CCC(c3nc(C(=O)O)cs3)CC2)c2ccccc2)CC1. The van der Waals surface area contributed by atoms with Crippen LogP contribution in [0.2, 0.25) is 0 Å². The van der Waals surface area contributed by atoms with Crippen LogP contribution in [0.4, 0.5) is 0 Å². The van der Waals surface area contributed by atoms with Gasteiger partial charge in [0.2, 0.25) is 10.0 Å². The molecule has 0 amide bonds. The zero-order valence-corrected chi connectivity index (χ0v) is 20.7. The van der Waals surface area contributed by atoms with Crippen molar-refractivity contribution in [2.24, 2.45) is 5.92 Å². The summed E-state index contributed by atoms with van der Waals surface area (Å²) < 4.78 is 25.4. The van der Waals surface area contributed by atoms with Gasteiger partial charge in [-0.2, -0.15) is 0 Å². The molecule has 2 aromatic rings. The molecule has 180 valence electrons. The molecule has 1 unspecified atom stereocenters. The summed E-state index contributed by atoms with van der Waals surface area (Å²) in [5, 5.41) is 11.7. The molecule has 2 fully saturated rings. The average molecular weight is 492 g/mol. The largest absolute Gasteiger partial charge is 0.476 e. The third-order valence-electron chi connectivity index (χ3n) is 7.20. The molecular formula is C24H33N3O4S2. The fourth-order valence-electron chi connectivity index (χ4n) is 5.28. The first-order valence-electron chi connectivity index (χ1n) is 11.7. The van der Waals surface area contributed by atoms with Gasteiger partial charge in [0, 0.05) is 24.4 Å². The second-order valence-corrected chi connectivity index (χ2v) is 12.2. The van der Waals surface area contributed by atoms with Crippen molar-refractivity contribution in [1.82, 2.24) is 14.2 Å². The number of carboxylic acids is 1. The van der Waals surface area contributed by atoms with Gasteiger partial charge in [0.25, 0.3) is 0 Å². The summed E-state index contributed by atoms with van der Waals surface area (Å²) >= 11 is 1.46. The Kier molecular flexibility index (Phi) is 7.83. The molecule has 1 aromatic carbocycles. The highest BCUT2D eigenvalue weighted by Gasteiger charge is 2.31. The molecule has 4 rings (SSSR count). The van der Waals surface area contributed by atoms with Crippen LogP contribution < -0.4 is 0 Å². The van der Waals surface area contributed by atoms with Crippen molar-refractivity contribution in [2.75, 3.05) is 39.0 Å². The molecule has 9 heteroatoms. The summed E-state index contributed by atoms with van der Waals surface area (Å²) in [5.41, 5.74) is 1.51. The van der Waals surface area contributed by atoms with E-state index in [2.05, 4.69) is 34.1 Å². The lowest BCUT2D eigenvalue weighted by atomic mass is 9.78. The number of hydrogen-bond acceptors (Lipinski definition) is 6. The first-order valence-corrected chi connectivity index (χ1v) is 14.4. The van der Waals surface area contributed by atoms with Gasteiger partial charge in [0.1, 0.15) is 0 Å². The van der Waals surface area contributed by atoms with E-state index in [0.29, 0.717) is 30.8 Å². The number of nitrogens with zero attached hydrogens (tertiary/aromatic N) is 3. The van der Waals surface area contributed by atoms with Gasteiger partial charge in [-0.1, -0.05) is 30.3 Å². The van der Waals surface area contributed by atoms with Crippen LogP contribution in [0, 0.1) is 5.92 Å². The number of benzene rings is 1. The maximum atomic E-state index is 11.9. The third kappa shape index (κ3) is 6.20. The molecule has 2 saturated heterocycles. The van der Waals surface area contributed by atoms with E-state index in [4.69, 9.17) is 5.11 Å². The van der Waals surface area contributed by atoms with Gasteiger partial charge in [0.15, 0.2) is 5.69 Å². The molecule has 1 N–H and O–H groups in total. The first kappa shape index (κ1) is 24.3. The van der Waals surface area contributed by atoms with E-state index in [1.807, 2.05) is 6.07 Å². The van der Waals surface area contributed by atoms with E-state index >= 15 is 0 Å². The molecule has 0 aliphatic carbocycles. The van der Waals surface area contributed by atoms with Crippen molar-refractivity contribution in [3.05, 3.63) is 52.0 Å². The fraction of sp³-hybridized carbons (Fsp3) is 0.583. The summed E-state index contributed by atoms with van der Waals surface area (Å²) in [5.74, 6) is 0.323. The van der Waals surface area contributed by atoms with Gasteiger partial charge in [-0.25, -0.2) is 22.5 Å². The Labute approximate surface area is 200 Å². The molecule has 0 saturated carbocycles. The number of hydrogen-bond donors (Lipinski definition) is 1. The van der Waals surface area contributed by atoms with Gasteiger partial charge in [-0.05, 0) is 69.1 Å². The molecule has 0 spiro atoms. The second-order valence-electron chi connectivity index (χ2n) is 9.30. The predicted molar refractivity (Wildman–Crippen MR) is 130 cm³/mol. The number of rotatable bonds is 8. The van der Waals surface area contributed by atoms with E-state index in [1.54, 1.807) is 9.69 Å². The Morgan fingerprint density at radius 3 is 2.36 bits per heavy atom. The van der Waals surface area contributed by atoms with Gasteiger partial charge < -0.3 is 10.0 Å². The standard InChI is InChI=1S/C24H33N3O4S2/c1-33(30,31)27-15-9-19(10-16-27)21(18-5-3-2-4-6-18)11-14-26-12-7-20(8-13-26)23-25-22(17-32-23)24(28)29/h2-6,17,19-21H,7-16H2,1H3,(H,28,29). The van der Waals surface area contributed by atoms with E-state index in [0.717, 1.165) is 56.7 Å². The fourth-order valence-corrected chi connectivity index (χ4v) is 7.12. The minimum absolute atomic E-state index is 0.157. The molecule has 1 aromatic heterocycles. The lowest BCUT2D eigenvalue weighted by Crippen LogP contribution is -2.40. The van der Waals surface area contributed by atoms with Crippen molar-refractivity contribution in [1.29, 1.82) is 0 Å². The topological polar surface area (TPSA) is 90.8 Å². The van der Waals surface area contributed by atoms with Crippen LogP contribution in [-0.2, 0) is 10.0 Å². The normalized spacial score (nSPS) is 20.6. The zero-order valence-electron chi connectivity index (χ0n) is 19.1. The van der Waals surface area contributed by atoms with Gasteiger partial charge in [-0.15, -0.1) is 11.3 Å². The second kappa shape index (κ2) is 10.6. The van der Waals surface area contributed by atoms with E-state index in [-0.39, 0.29) is 5.69 Å². The number of likely N-dealkylation sites (tertiary alicyclic amines) is 1. The average Bonchev–Trinajstić information content (AvgIpc) is 3.31. The van der Waals surface area contributed by atoms with Gasteiger partial charge in [0.05, 0.1) is 11.3 Å². The van der Waals surface area contributed by atoms with Crippen molar-refractivity contribution in [2.45, 2.75) is 43.9 Å². The van der Waals surface area contributed by atoms with Crippen LogP contribution in [0.1, 0.15) is 65.0 Å². The molecule has 0 radical (unpaired) electrons. The minimum atomic E-state index is -3.11. The number of carbonyl (C=O) groups is 1. The maximum absolute atomic E-state index is 11.9. The maximum Gasteiger partial charge on any atom is 0.355 e.